The summed E-state index contributed by atoms with van der Waals surface area (Å²) in [7, 11) is 5.87. The SMILES string of the molecule is CN1CCSC2(CCN(C(=O)N(C)C)CC2)C1. The van der Waals surface area contributed by atoms with Gasteiger partial charge in [-0.1, -0.05) is 0 Å². The quantitative estimate of drug-likeness (QED) is 0.652. The Hall–Kier alpha value is -0.420. The van der Waals surface area contributed by atoms with E-state index in [0.717, 1.165) is 25.9 Å². The number of thioether (sulfide) groups is 1. The summed E-state index contributed by atoms with van der Waals surface area (Å²) in [5.41, 5.74) is 0. The van der Waals surface area contributed by atoms with Crippen LogP contribution in [-0.2, 0) is 0 Å². The van der Waals surface area contributed by atoms with Crippen LogP contribution in [0.3, 0.4) is 0 Å². The number of piperidine rings is 1. The zero-order valence-electron chi connectivity index (χ0n) is 11.1. The molecule has 0 aromatic heterocycles. The zero-order valence-corrected chi connectivity index (χ0v) is 11.9. The van der Waals surface area contributed by atoms with Crippen LogP contribution in [0.2, 0.25) is 0 Å². The summed E-state index contributed by atoms with van der Waals surface area (Å²) in [5, 5.41) is 0. The van der Waals surface area contributed by atoms with Crippen LogP contribution in [0.5, 0.6) is 0 Å². The van der Waals surface area contributed by atoms with Crippen molar-refractivity contribution in [3.63, 3.8) is 0 Å². The molecule has 5 heteroatoms. The van der Waals surface area contributed by atoms with E-state index in [0.29, 0.717) is 4.75 Å². The maximum absolute atomic E-state index is 11.9. The predicted octanol–water partition coefficient (Wildman–Crippen LogP) is 1.18. The normalized spacial score (nSPS) is 25.0. The molecule has 1 spiro atoms. The lowest BCUT2D eigenvalue weighted by atomic mass is 9.95. The van der Waals surface area contributed by atoms with Gasteiger partial charge in [-0.25, -0.2) is 4.79 Å². The fraction of sp³-hybridized carbons (Fsp3) is 0.917. The minimum Gasteiger partial charge on any atom is -0.331 e. The molecule has 98 valence electrons. The minimum atomic E-state index is 0.161. The summed E-state index contributed by atoms with van der Waals surface area (Å²) in [6, 6.07) is 0.161. The highest BCUT2D eigenvalue weighted by Crippen LogP contribution is 2.39. The van der Waals surface area contributed by atoms with Crippen molar-refractivity contribution in [1.29, 1.82) is 0 Å². The Kier molecular flexibility index (Phi) is 3.88. The molecule has 0 saturated carbocycles. The van der Waals surface area contributed by atoms with E-state index >= 15 is 0 Å². The van der Waals surface area contributed by atoms with Crippen molar-refractivity contribution in [3.8, 4) is 0 Å². The zero-order chi connectivity index (χ0) is 12.5. The summed E-state index contributed by atoms with van der Waals surface area (Å²) in [5.74, 6) is 1.23. The lowest BCUT2D eigenvalue weighted by Gasteiger charge is -2.46. The van der Waals surface area contributed by atoms with E-state index in [9.17, 15) is 4.79 Å². The number of carbonyl (C=O) groups is 1. The summed E-state index contributed by atoms with van der Waals surface area (Å²) in [4.78, 5) is 18.0. The molecule has 2 aliphatic heterocycles. The summed E-state index contributed by atoms with van der Waals surface area (Å²) >= 11 is 2.12. The second-order valence-corrected chi connectivity index (χ2v) is 7.00. The minimum absolute atomic E-state index is 0.161. The van der Waals surface area contributed by atoms with E-state index in [2.05, 4.69) is 23.7 Å². The third-order valence-corrected chi connectivity index (χ3v) is 5.30. The van der Waals surface area contributed by atoms with Crippen molar-refractivity contribution >= 4 is 17.8 Å². The number of likely N-dealkylation sites (tertiary alicyclic amines) is 1. The summed E-state index contributed by atoms with van der Waals surface area (Å²) < 4.78 is 0.413. The average molecular weight is 257 g/mol. The van der Waals surface area contributed by atoms with Crippen molar-refractivity contribution < 1.29 is 4.79 Å². The highest BCUT2D eigenvalue weighted by Gasteiger charge is 2.39. The van der Waals surface area contributed by atoms with E-state index in [1.807, 2.05) is 19.0 Å². The fourth-order valence-electron chi connectivity index (χ4n) is 2.73. The van der Waals surface area contributed by atoms with Crippen molar-refractivity contribution in [1.82, 2.24) is 14.7 Å². The maximum atomic E-state index is 11.9. The van der Waals surface area contributed by atoms with Gasteiger partial charge in [0.05, 0.1) is 0 Å². The molecule has 0 aliphatic carbocycles. The van der Waals surface area contributed by atoms with Gasteiger partial charge in [0.2, 0.25) is 0 Å². The second-order valence-electron chi connectivity index (χ2n) is 5.43. The molecule has 17 heavy (non-hydrogen) atoms. The highest BCUT2D eigenvalue weighted by atomic mass is 32.2. The third kappa shape index (κ3) is 2.88. The van der Waals surface area contributed by atoms with Crippen molar-refractivity contribution in [2.75, 3.05) is 53.1 Å². The molecule has 2 amide bonds. The number of hydrogen-bond donors (Lipinski definition) is 0. The van der Waals surface area contributed by atoms with E-state index in [4.69, 9.17) is 0 Å². The molecule has 2 heterocycles. The smallest absolute Gasteiger partial charge is 0.319 e. The van der Waals surface area contributed by atoms with E-state index in [1.165, 1.54) is 18.8 Å². The molecule has 0 unspecified atom stereocenters. The lowest BCUT2D eigenvalue weighted by Crippen LogP contribution is -2.53. The van der Waals surface area contributed by atoms with Gasteiger partial charge in [0, 0.05) is 50.8 Å². The molecule has 2 aliphatic rings. The largest absolute Gasteiger partial charge is 0.331 e. The molecule has 0 radical (unpaired) electrons. The first kappa shape index (κ1) is 13.0. The molecule has 0 aromatic rings. The Morgan fingerprint density at radius 1 is 1.24 bits per heavy atom. The second kappa shape index (κ2) is 5.06. The monoisotopic (exact) mass is 257 g/mol. The first-order chi connectivity index (χ1) is 8.02. The van der Waals surface area contributed by atoms with Crippen molar-refractivity contribution in [2.45, 2.75) is 17.6 Å². The Balaban J connectivity index is 1.91. The standard InChI is InChI=1S/C12H23N3OS/c1-13(2)11(16)15-6-4-12(5-7-15)10-14(3)8-9-17-12/h4-10H2,1-3H3. The Labute approximate surface area is 108 Å². The Morgan fingerprint density at radius 2 is 1.88 bits per heavy atom. The molecule has 2 rings (SSSR count). The van der Waals surface area contributed by atoms with Crippen LogP contribution in [0.1, 0.15) is 12.8 Å². The molecule has 0 atom stereocenters. The summed E-state index contributed by atoms with van der Waals surface area (Å²) in [6.45, 7) is 4.21. The third-order valence-electron chi connectivity index (χ3n) is 3.77. The molecular weight excluding hydrogens is 234 g/mol. The van der Waals surface area contributed by atoms with E-state index < -0.39 is 0 Å². The van der Waals surface area contributed by atoms with Gasteiger partial charge in [0.15, 0.2) is 0 Å². The van der Waals surface area contributed by atoms with E-state index in [-0.39, 0.29) is 6.03 Å². The van der Waals surface area contributed by atoms with Crippen LogP contribution >= 0.6 is 11.8 Å². The van der Waals surface area contributed by atoms with Crippen LogP contribution in [0.15, 0.2) is 0 Å². The van der Waals surface area contributed by atoms with Gasteiger partial charge < -0.3 is 14.7 Å². The average Bonchev–Trinajstić information content (AvgIpc) is 2.29. The van der Waals surface area contributed by atoms with E-state index in [1.54, 1.807) is 4.90 Å². The van der Waals surface area contributed by atoms with Crippen LogP contribution in [0, 0.1) is 0 Å². The number of rotatable bonds is 0. The molecule has 2 saturated heterocycles. The maximum Gasteiger partial charge on any atom is 0.319 e. The number of amides is 2. The molecule has 4 nitrogen and oxygen atoms in total. The topological polar surface area (TPSA) is 26.8 Å². The van der Waals surface area contributed by atoms with Gasteiger partial charge in [-0.05, 0) is 19.9 Å². The first-order valence-corrected chi connectivity index (χ1v) is 7.30. The number of urea groups is 1. The van der Waals surface area contributed by atoms with Gasteiger partial charge in [0.1, 0.15) is 0 Å². The van der Waals surface area contributed by atoms with Crippen LogP contribution in [0.4, 0.5) is 4.79 Å². The fourth-order valence-corrected chi connectivity index (χ4v) is 4.34. The molecule has 0 aromatic carbocycles. The Bertz CT molecular complexity index is 287. The predicted molar refractivity (Wildman–Crippen MR) is 72.6 cm³/mol. The van der Waals surface area contributed by atoms with Gasteiger partial charge in [-0.2, -0.15) is 11.8 Å². The number of hydrogen-bond acceptors (Lipinski definition) is 3. The highest BCUT2D eigenvalue weighted by molar-refractivity contribution is 8.00. The molecular formula is C12H23N3OS. The van der Waals surface area contributed by atoms with Crippen LogP contribution in [-0.4, -0.2) is 78.6 Å². The van der Waals surface area contributed by atoms with Gasteiger partial charge >= 0.3 is 6.03 Å². The summed E-state index contributed by atoms with van der Waals surface area (Å²) in [6.07, 6.45) is 2.28. The van der Waals surface area contributed by atoms with Gasteiger partial charge in [0.25, 0.3) is 0 Å². The lowest BCUT2D eigenvalue weighted by molar-refractivity contribution is 0.144. The van der Waals surface area contributed by atoms with Crippen molar-refractivity contribution in [3.05, 3.63) is 0 Å². The van der Waals surface area contributed by atoms with Crippen LogP contribution < -0.4 is 0 Å². The molecule has 0 bridgehead atoms. The number of carbonyl (C=O) groups excluding carboxylic acids is 1. The molecule has 2 fully saturated rings. The van der Waals surface area contributed by atoms with Crippen LogP contribution in [0.25, 0.3) is 0 Å². The van der Waals surface area contributed by atoms with Gasteiger partial charge in [-0.15, -0.1) is 0 Å². The first-order valence-electron chi connectivity index (χ1n) is 6.31. The van der Waals surface area contributed by atoms with Crippen molar-refractivity contribution in [2.24, 2.45) is 0 Å². The van der Waals surface area contributed by atoms with Gasteiger partial charge in [-0.3, -0.25) is 0 Å². The Morgan fingerprint density at radius 3 is 2.41 bits per heavy atom. The number of nitrogens with zero attached hydrogens (tertiary/aromatic N) is 3. The molecule has 0 N–H and O–H groups in total.